The van der Waals surface area contributed by atoms with E-state index >= 15 is 0 Å². The van der Waals surface area contributed by atoms with Crippen LogP contribution in [0, 0.1) is 40.8 Å². The van der Waals surface area contributed by atoms with Gasteiger partial charge in [0.2, 0.25) is 23.6 Å². The van der Waals surface area contributed by atoms with Gasteiger partial charge in [0.05, 0.1) is 40.1 Å². The number of imide groups is 2. The van der Waals surface area contributed by atoms with Crippen LogP contribution in [0.5, 0.6) is 11.5 Å². The minimum absolute atomic E-state index is 0.0709. The molecule has 10 heteroatoms. The Labute approximate surface area is 233 Å². The molecule has 2 aliphatic carbocycles. The molecule has 2 aromatic rings. The Hall–Kier alpha value is -3.98. The second-order valence-corrected chi connectivity index (χ2v) is 11.8. The third-order valence-electron chi connectivity index (χ3n) is 9.43. The van der Waals surface area contributed by atoms with Gasteiger partial charge < -0.3 is 9.84 Å². The van der Waals surface area contributed by atoms with Gasteiger partial charge in [-0.2, -0.15) is 0 Å². The van der Waals surface area contributed by atoms with Crippen LogP contribution < -0.4 is 15.0 Å². The molecule has 2 N–H and O–H groups in total. The average Bonchev–Trinajstić information content (AvgIpc) is 3.32. The van der Waals surface area contributed by atoms with Crippen LogP contribution in [-0.4, -0.2) is 28.7 Å². The van der Waals surface area contributed by atoms with Crippen LogP contribution in [0.4, 0.5) is 10.1 Å². The van der Waals surface area contributed by atoms with Gasteiger partial charge in [-0.25, -0.2) is 9.29 Å². The second-order valence-electron chi connectivity index (χ2n) is 11.4. The van der Waals surface area contributed by atoms with Crippen molar-refractivity contribution < 1.29 is 33.4 Å². The lowest BCUT2D eigenvalue weighted by atomic mass is 9.51. The molecule has 3 heterocycles. The molecule has 0 unspecified atom stereocenters. The topological polar surface area (TPSA) is 113 Å². The van der Waals surface area contributed by atoms with Crippen molar-refractivity contribution in [1.29, 1.82) is 0 Å². The number of aromatic hydroxyl groups is 1. The number of carbonyl (C=O) groups excluding carboxylic acids is 4. The van der Waals surface area contributed by atoms with Crippen LogP contribution in [-0.2, 0) is 25.6 Å². The summed E-state index contributed by atoms with van der Waals surface area (Å²) in [5.74, 6) is -4.66. The number of anilines is 1. The maximum absolute atomic E-state index is 14.3. The summed E-state index contributed by atoms with van der Waals surface area (Å²) >= 11 is 6.02. The first-order valence-electron chi connectivity index (χ1n) is 13.1. The van der Waals surface area contributed by atoms with E-state index in [4.69, 9.17) is 16.3 Å². The molecule has 4 amide bonds. The number of hydrogen-bond donors (Lipinski definition) is 2. The van der Waals surface area contributed by atoms with Gasteiger partial charge in [0.1, 0.15) is 17.3 Å². The van der Waals surface area contributed by atoms with Crippen LogP contribution in [0.2, 0.25) is 5.02 Å². The fourth-order valence-electron chi connectivity index (χ4n) is 7.63. The second kappa shape index (κ2) is 8.51. The molecular weight excluding hydrogens is 539 g/mol. The van der Waals surface area contributed by atoms with E-state index in [1.54, 1.807) is 25.3 Å². The van der Waals surface area contributed by atoms with Crippen LogP contribution in [0.1, 0.15) is 25.3 Å². The number of phenols is 1. The minimum atomic E-state index is -1.25. The van der Waals surface area contributed by atoms with Crippen molar-refractivity contribution in [2.24, 2.45) is 35.0 Å². The quantitative estimate of drug-likeness (QED) is 0.422. The molecule has 7 rings (SSSR count). The Morgan fingerprint density at radius 2 is 1.90 bits per heavy atom. The number of allylic oxidation sites excluding steroid dienone is 3. The molecule has 2 saturated heterocycles. The van der Waals surface area contributed by atoms with E-state index in [9.17, 15) is 28.7 Å². The summed E-state index contributed by atoms with van der Waals surface area (Å²) in [7, 11) is 0. The van der Waals surface area contributed by atoms with Gasteiger partial charge >= 0.3 is 0 Å². The molecule has 0 bridgehead atoms. The van der Waals surface area contributed by atoms with Crippen molar-refractivity contribution in [3.05, 3.63) is 76.3 Å². The molecule has 0 radical (unpaired) electrons. The molecule has 204 valence electrons. The van der Waals surface area contributed by atoms with E-state index in [1.165, 1.54) is 18.2 Å². The van der Waals surface area contributed by atoms with Crippen molar-refractivity contribution >= 4 is 40.9 Å². The van der Waals surface area contributed by atoms with Crippen LogP contribution in [0.15, 0.2) is 59.9 Å². The summed E-state index contributed by atoms with van der Waals surface area (Å²) < 4.78 is 19.9. The Kier molecular flexibility index (Phi) is 5.32. The van der Waals surface area contributed by atoms with Crippen LogP contribution in [0.3, 0.4) is 0 Å². The minimum Gasteiger partial charge on any atom is -0.508 e. The number of ether oxygens (including phenoxy) is 1. The highest BCUT2D eigenvalue weighted by atomic mass is 35.5. The van der Waals surface area contributed by atoms with Crippen LogP contribution in [0.25, 0.3) is 0 Å². The van der Waals surface area contributed by atoms with Gasteiger partial charge in [-0.3, -0.25) is 24.5 Å². The first-order chi connectivity index (χ1) is 19.1. The number of hydrogen-bond acceptors (Lipinski definition) is 6. The Balaban J connectivity index is 1.38. The average molecular weight is 563 g/mol. The third kappa shape index (κ3) is 3.30. The van der Waals surface area contributed by atoms with E-state index in [1.807, 2.05) is 6.08 Å². The summed E-state index contributed by atoms with van der Waals surface area (Å²) in [6.07, 6.45) is 4.45. The summed E-state index contributed by atoms with van der Waals surface area (Å²) in [5, 5.41) is 12.3. The summed E-state index contributed by atoms with van der Waals surface area (Å²) in [6, 6.07) is 8.51. The standard InChI is InChI=1S/C30H24ClFN2O6/c1-30-20(28(38)34(29(30)39)15-2-6-22(32)21(31)10-15)11-19-17(4-5-18-24(19)27(37)33-26(18)36)25(30)14-8-13-9-16(35)3-7-23(13)40-12-14/h2-4,6-7,9-10,12,18-20,24-25,35H,5,8,11H2,1H3,(H,33,36,37)/t18-,19+,20-,24-,25-,30+/m0/s1. The lowest BCUT2D eigenvalue weighted by Crippen LogP contribution is -2.51. The molecule has 8 nitrogen and oxygen atoms in total. The smallest absolute Gasteiger partial charge is 0.241 e. The van der Waals surface area contributed by atoms with Crippen molar-refractivity contribution in [3.8, 4) is 11.5 Å². The number of benzene rings is 2. The van der Waals surface area contributed by atoms with Crippen molar-refractivity contribution in [2.45, 2.75) is 26.2 Å². The van der Waals surface area contributed by atoms with Gasteiger partial charge in [-0.1, -0.05) is 23.3 Å². The number of phenolic OH excluding ortho intramolecular Hbond substituents is 1. The lowest BCUT2D eigenvalue weighted by Gasteiger charge is -2.49. The molecule has 3 fully saturated rings. The Bertz CT molecular complexity index is 1620. The van der Waals surface area contributed by atoms with E-state index in [2.05, 4.69) is 5.32 Å². The van der Waals surface area contributed by atoms with E-state index in [0.29, 0.717) is 18.6 Å². The zero-order valence-electron chi connectivity index (χ0n) is 21.3. The Morgan fingerprint density at radius 3 is 2.67 bits per heavy atom. The van der Waals surface area contributed by atoms with Gasteiger partial charge in [0.25, 0.3) is 0 Å². The highest BCUT2D eigenvalue weighted by molar-refractivity contribution is 6.31. The summed E-state index contributed by atoms with van der Waals surface area (Å²) in [5.41, 5.74) is 1.20. The van der Waals surface area contributed by atoms with Gasteiger partial charge in [0.15, 0.2) is 0 Å². The zero-order chi connectivity index (χ0) is 28.1. The highest BCUT2D eigenvalue weighted by Crippen LogP contribution is 2.62. The molecule has 0 spiro atoms. The Morgan fingerprint density at radius 1 is 1.10 bits per heavy atom. The third-order valence-corrected chi connectivity index (χ3v) is 9.72. The van der Waals surface area contributed by atoms with Crippen molar-refractivity contribution in [2.75, 3.05) is 4.90 Å². The number of nitrogens with one attached hydrogen (secondary N) is 1. The number of halogens is 2. The predicted octanol–water partition coefficient (Wildman–Crippen LogP) is 4.05. The normalized spacial score (nSPS) is 32.4. The number of amides is 4. The molecule has 3 aliphatic heterocycles. The summed E-state index contributed by atoms with van der Waals surface area (Å²) in [6.45, 7) is 1.76. The maximum atomic E-state index is 14.3. The molecule has 1 saturated carbocycles. The number of fused-ring (bicyclic) bond motifs is 5. The molecule has 6 atom stereocenters. The molecule has 0 aromatic heterocycles. The number of nitrogens with zero attached hydrogens (tertiary/aromatic N) is 1. The van der Waals surface area contributed by atoms with E-state index < -0.39 is 52.6 Å². The van der Waals surface area contributed by atoms with Gasteiger partial charge in [0, 0.05) is 17.9 Å². The fourth-order valence-corrected chi connectivity index (χ4v) is 7.80. The largest absolute Gasteiger partial charge is 0.508 e. The van der Waals surface area contributed by atoms with Gasteiger partial charge in [-0.05, 0) is 67.7 Å². The monoisotopic (exact) mass is 562 g/mol. The first kappa shape index (κ1) is 25.0. The predicted molar refractivity (Wildman–Crippen MR) is 140 cm³/mol. The number of carbonyl (C=O) groups is 4. The SMILES string of the molecule is C[C@@]12C(=O)N(c3ccc(F)c(Cl)c3)C(=O)[C@@H]1C[C@@H]1C(=CC[C@@H]3C(=O)NC(=O)[C@@H]31)[C@@H]2C1=COc2ccc(O)cc2C1. The van der Waals surface area contributed by atoms with Crippen molar-refractivity contribution in [3.63, 3.8) is 0 Å². The fraction of sp³-hybridized carbons (Fsp3) is 0.333. The molecule has 5 aliphatic rings. The lowest BCUT2D eigenvalue weighted by molar-refractivity contribution is -0.132. The van der Waals surface area contributed by atoms with Crippen molar-refractivity contribution in [1.82, 2.24) is 5.32 Å². The van der Waals surface area contributed by atoms with E-state index in [-0.39, 0.29) is 34.7 Å². The zero-order valence-corrected chi connectivity index (χ0v) is 22.1. The highest BCUT2D eigenvalue weighted by Gasteiger charge is 2.67. The molecular formula is C30H24ClFN2O6. The van der Waals surface area contributed by atoms with Crippen LogP contribution >= 0.6 is 11.6 Å². The molecule has 40 heavy (non-hydrogen) atoms. The number of rotatable bonds is 2. The van der Waals surface area contributed by atoms with Gasteiger partial charge in [-0.15, -0.1) is 0 Å². The first-order valence-corrected chi connectivity index (χ1v) is 13.5. The van der Waals surface area contributed by atoms with E-state index in [0.717, 1.165) is 27.7 Å². The molecule has 2 aromatic carbocycles. The maximum Gasteiger partial charge on any atom is 0.241 e. The summed E-state index contributed by atoms with van der Waals surface area (Å²) in [4.78, 5) is 55.0.